The van der Waals surface area contributed by atoms with Crippen LogP contribution < -0.4 is 0 Å². The maximum Gasteiger partial charge on any atom is 0.338 e. The number of ether oxygens (including phenoxy) is 1. The Morgan fingerprint density at radius 3 is 2.82 bits per heavy atom. The van der Waals surface area contributed by atoms with E-state index in [2.05, 4.69) is 0 Å². The molecule has 4 heteroatoms. The fraction of sp³-hybridized carbons (Fsp3) is 0.462. The third kappa shape index (κ3) is 3.93. The molecule has 0 unspecified atom stereocenters. The maximum absolute atomic E-state index is 11.8. The van der Waals surface area contributed by atoms with Crippen molar-refractivity contribution in [2.24, 2.45) is 0 Å². The van der Waals surface area contributed by atoms with E-state index < -0.39 is 0 Å². The molecule has 0 N–H and O–H groups in total. The summed E-state index contributed by atoms with van der Waals surface area (Å²) in [7, 11) is 0. The number of alkyl halides is 1. The number of benzene rings is 1. The summed E-state index contributed by atoms with van der Waals surface area (Å²) >= 11 is 7.36. The largest absolute Gasteiger partial charge is 0.462 e. The van der Waals surface area contributed by atoms with Gasteiger partial charge in [-0.3, -0.25) is 0 Å². The molecule has 2 nitrogen and oxygen atoms in total. The molecule has 0 bridgehead atoms. The predicted molar refractivity (Wildman–Crippen MR) is 73.2 cm³/mol. The van der Waals surface area contributed by atoms with Gasteiger partial charge in [0, 0.05) is 10.8 Å². The van der Waals surface area contributed by atoms with Crippen molar-refractivity contribution in [1.82, 2.24) is 0 Å². The van der Waals surface area contributed by atoms with Crippen molar-refractivity contribution in [3.63, 3.8) is 0 Å². The average Bonchev–Trinajstić information content (AvgIpc) is 2.36. The highest BCUT2D eigenvalue weighted by atomic mass is 35.5. The summed E-state index contributed by atoms with van der Waals surface area (Å²) in [4.78, 5) is 13.0. The normalized spacial score (nSPS) is 10.3. The average molecular weight is 273 g/mol. The lowest BCUT2D eigenvalue weighted by molar-refractivity contribution is 0.0524. The first kappa shape index (κ1) is 14.4. The molecule has 0 radical (unpaired) electrons. The summed E-state index contributed by atoms with van der Waals surface area (Å²) in [6.45, 7) is 2.21. The second-order valence-electron chi connectivity index (χ2n) is 3.50. The van der Waals surface area contributed by atoms with Crippen molar-refractivity contribution in [3.05, 3.63) is 29.3 Å². The lowest BCUT2D eigenvalue weighted by Gasteiger charge is -2.12. The molecule has 0 saturated heterocycles. The van der Waals surface area contributed by atoms with Crippen molar-refractivity contribution in [2.75, 3.05) is 18.7 Å². The number of carbonyl (C=O) groups excluding carboxylic acids is 1. The van der Waals surface area contributed by atoms with E-state index in [0.717, 1.165) is 23.3 Å². The summed E-state index contributed by atoms with van der Waals surface area (Å²) in [5, 5.41) is 0. The zero-order valence-corrected chi connectivity index (χ0v) is 11.7. The molecular weight excluding hydrogens is 256 g/mol. The van der Waals surface area contributed by atoms with Gasteiger partial charge >= 0.3 is 5.97 Å². The fourth-order valence-electron chi connectivity index (χ4n) is 1.66. The minimum Gasteiger partial charge on any atom is -0.462 e. The Bertz CT molecular complexity index is 380. The van der Waals surface area contributed by atoms with Crippen molar-refractivity contribution in [3.8, 4) is 0 Å². The Morgan fingerprint density at radius 1 is 1.47 bits per heavy atom. The number of esters is 1. The molecule has 1 rings (SSSR count). The van der Waals surface area contributed by atoms with Gasteiger partial charge < -0.3 is 4.74 Å². The minimum atomic E-state index is -0.243. The van der Waals surface area contributed by atoms with E-state index >= 15 is 0 Å². The van der Waals surface area contributed by atoms with Crippen LogP contribution in [0.1, 0.15) is 29.3 Å². The van der Waals surface area contributed by atoms with E-state index in [4.69, 9.17) is 16.3 Å². The molecule has 1 aromatic rings. The number of hydrogen-bond acceptors (Lipinski definition) is 3. The monoisotopic (exact) mass is 272 g/mol. The van der Waals surface area contributed by atoms with Gasteiger partial charge in [-0.25, -0.2) is 4.79 Å². The Labute approximate surface area is 112 Å². The van der Waals surface area contributed by atoms with Crippen LogP contribution >= 0.6 is 23.4 Å². The summed E-state index contributed by atoms with van der Waals surface area (Å²) in [5.41, 5.74) is 1.72. The predicted octanol–water partition coefficient (Wildman–Crippen LogP) is 3.76. The van der Waals surface area contributed by atoms with Crippen LogP contribution in [0.15, 0.2) is 23.1 Å². The third-order valence-electron chi connectivity index (χ3n) is 2.41. The van der Waals surface area contributed by atoms with Crippen LogP contribution in [-0.4, -0.2) is 24.7 Å². The molecule has 0 amide bonds. The summed E-state index contributed by atoms with van der Waals surface area (Å²) in [5.74, 6) is 0.360. The Hall–Kier alpha value is -0.670. The second kappa shape index (κ2) is 7.62. The summed E-state index contributed by atoms with van der Waals surface area (Å²) < 4.78 is 5.07. The lowest BCUT2D eigenvalue weighted by atomic mass is 10.0. The minimum absolute atomic E-state index is 0.243. The van der Waals surface area contributed by atoms with E-state index in [1.807, 2.05) is 31.4 Å². The molecule has 1 aromatic carbocycles. The molecule has 0 fully saturated rings. The van der Waals surface area contributed by atoms with Crippen LogP contribution in [-0.2, 0) is 11.2 Å². The fourth-order valence-corrected chi connectivity index (χ4v) is 2.47. The van der Waals surface area contributed by atoms with Crippen molar-refractivity contribution >= 4 is 29.3 Å². The standard InChI is InChI=1S/C13H17ClO2S/c1-3-16-13(15)11-6-4-8-12(17-2)10(11)7-5-9-14/h4,6,8H,3,5,7,9H2,1-2H3. The maximum atomic E-state index is 11.8. The van der Waals surface area contributed by atoms with Crippen molar-refractivity contribution in [1.29, 1.82) is 0 Å². The van der Waals surface area contributed by atoms with Gasteiger partial charge in [-0.15, -0.1) is 23.4 Å². The number of rotatable bonds is 6. The van der Waals surface area contributed by atoms with Gasteiger partial charge in [0.15, 0.2) is 0 Å². The zero-order chi connectivity index (χ0) is 12.7. The number of halogens is 1. The molecule has 0 spiro atoms. The number of thioether (sulfide) groups is 1. The van der Waals surface area contributed by atoms with Gasteiger partial charge in [-0.05, 0) is 43.7 Å². The van der Waals surface area contributed by atoms with Gasteiger partial charge in [-0.2, -0.15) is 0 Å². The zero-order valence-electron chi connectivity index (χ0n) is 10.2. The van der Waals surface area contributed by atoms with Crippen LogP contribution in [0.4, 0.5) is 0 Å². The van der Waals surface area contributed by atoms with Crippen LogP contribution in [0.2, 0.25) is 0 Å². The molecule has 0 aliphatic heterocycles. The van der Waals surface area contributed by atoms with Crippen LogP contribution in [0.5, 0.6) is 0 Å². The first-order chi connectivity index (χ1) is 8.24. The van der Waals surface area contributed by atoms with E-state index in [1.54, 1.807) is 11.8 Å². The smallest absolute Gasteiger partial charge is 0.338 e. The third-order valence-corrected chi connectivity index (χ3v) is 3.50. The molecule has 0 heterocycles. The molecule has 0 aromatic heterocycles. The highest BCUT2D eigenvalue weighted by molar-refractivity contribution is 7.98. The molecule has 17 heavy (non-hydrogen) atoms. The van der Waals surface area contributed by atoms with Crippen LogP contribution in [0, 0.1) is 0 Å². The first-order valence-corrected chi connectivity index (χ1v) is 7.39. The lowest BCUT2D eigenvalue weighted by Crippen LogP contribution is -2.09. The Balaban J connectivity index is 3.05. The molecule has 0 atom stereocenters. The summed E-state index contributed by atoms with van der Waals surface area (Å²) in [6.07, 6.45) is 3.69. The quantitative estimate of drug-likeness (QED) is 0.448. The van der Waals surface area contributed by atoms with Crippen molar-refractivity contribution in [2.45, 2.75) is 24.7 Å². The second-order valence-corrected chi connectivity index (χ2v) is 4.73. The molecule has 94 valence electrons. The number of carbonyl (C=O) groups is 1. The van der Waals surface area contributed by atoms with E-state index in [0.29, 0.717) is 18.1 Å². The molecule has 0 saturated carbocycles. The van der Waals surface area contributed by atoms with E-state index in [1.165, 1.54) is 0 Å². The Kier molecular flexibility index (Phi) is 6.45. The molecule has 0 aliphatic carbocycles. The molecule has 0 aliphatic rings. The van der Waals surface area contributed by atoms with Gasteiger partial charge in [0.25, 0.3) is 0 Å². The van der Waals surface area contributed by atoms with Crippen LogP contribution in [0.25, 0.3) is 0 Å². The number of hydrogen-bond donors (Lipinski definition) is 0. The van der Waals surface area contributed by atoms with Crippen molar-refractivity contribution < 1.29 is 9.53 Å². The topological polar surface area (TPSA) is 26.3 Å². The SMILES string of the molecule is CCOC(=O)c1cccc(SC)c1CCCCl. The van der Waals surface area contributed by atoms with Crippen LogP contribution in [0.3, 0.4) is 0 Å². The van der Waals surface area contributed by atoms with E-state index in [-0.39, 0.29) is 5.97 Å². The Morgan fingerprint density at radius 2 is 2.24 bits per heavy atom. The van der Waals surface area contributed by atoms with Gasteiger partial charge in [0.05, 0.1) is 12.2 Å². The van der Waals surface area contributed by atoms with Gasteiger partial charge in [0.1, 0.15) is 0 Å². The highest BCUT2D eigenvalue weighted by Crippen LogP contribution is 2.25. The summed E-state index contributed by atoms with van der Waals surface area (Å²) in [6, 6.07) is 5.74. The first-order valence-electron chi connectivity index (χ1n) is 5.63. The van der Waals surface area contributed by atoms with Gasteiger partial charge in [0.2, 0.25) is 0 Å². The highest BCUT2D eigenvalue weighted by Gasteiger charge is 2.14. The molecular formula is C13H17ClO2S. The van der Waals surface area contributed by atoms with E-state index in [9.17, 15) is 4.79 Å². The van der Waals surface area contributed by atoms with Gasteiger partial charge in [-0.1, -0.05) is 6.07 Å².